The van der Waals surface area contributed by atoms with E-state index in [0.717, 1.165) is 17.7 Å². The summed E-state index contributed by atoms with van der Waals surface area (Å²) >= 11 is 1.63. The van der Waals surface area contributed by atoms with Crippen molar-refractivity contribution in [2.24, 2.45) is 0 Å². The van der Waals surface area contributed by atoms with Gasteiger partial charge in [-0.25, -0.2) is 0 Å². The summed E-state index contributed by atoms with van der Waals surface area (Å²) in [7, 11) is 0. The molecule has 0 saturated heterocycles. The van der Waals surface area contributed by atoms with Gasteiger partial charge in [0.05, 0.1) is 5.25 Å². The molecule has 1 aliphatic carbocycles. The molecule has 1 aromatic carbocycles. The number of thioether (sulfide) groups is 1. The average molecular weight is 263 g/mol. The zero-order chi connectivity index (χ0) is 12.8. The van der Waals surface area contributed by atoms with Crippen LogP contribution in [-0.4, -0.2) is 17.2 Å². The van der Waals surface area contributed by atoms with Crippen molar-refractivity contribution in [2.45, 2.75) is 55.2 Å². The standard InChI is InChI=1S/C15H21NOS/c1-12(18-14-10-6-3-7-11-14)15(17)16-13-8-4-2-5-9-13/h3,6-7,10-13H,2,4-5,8-9H2,1H3,(H,16,17)/t12-/m1/s1. The van der Waals surface area contributed by atoms with Gasteiger partial charge in [0.2, 0.25) is 5.91 Å². The highest BCUT2D eigenvalue weighted by Crippen LogP contribution is 2.23. The van der Waals surface area contributed by atoms with E-state index in [2.05, 4.69) is 17.4 Å². The average Bonchev–Trinajstić information content (AvgIpc) is 2.41. The Morgan fingerprint density at radius 1 is 1.22 bits per heavy atom. The lowest BCUT2D eigenvalue weighted by Gasteiger charge is -2.24. The largest absolute Gasteiger partial charge is 0.352 e. The van der Waals surface area contributed by atoms with Crippen LogP contribution in [-0.2, 0) is 4.79 Å². The number of hydrogen-bond acceptors (Lipinski definition) is 2. The third kappa shape index (κ3) is 4.05. The van der Waals surface area contributed by atoms with E-state index in [1.54, 1.807) is 11.8 Å². The third-order valence-electron chi connectivity index (χ3n) is 3.38. The second-order valence-corrected chi connectivity index (χ2v) is 6.33. The number of nitrogens with one attached hydrogen (secondary N) is 1. The van der Waals surface area contributed by atoms with Crippen LogP contribution in [0.25, 0.3) is 0 Å². The summed E-state index contributed by atoms with van der Waals surface area (Å²) in [6.07, 6.45) is 6.12. The Morgan fingerprint density at radius 2 is 1.89 bits per heavy atom. The molecule has 1 amide bonds. The number of carbonyl (C=O) groups excluding carboxylic acids is 1. The van der Waals surface area contributed by atoms with Crippen molar-refractivity contribution in [2.75, 3.05) is 0 Å². The quantitative estimate of drug-likeness (QED) is 0.841. The Kier molecular flexibility index (Phi) is 5.12. The van der Waals surface area contributed by atoms with E-state index in [1.807, 2.05) is 25.1 Å². The molecular formula is C15H21NOS. The molecule has 2 nitrogen and oxygen atoms in total. The van der Waals surface area contributed by atoms with Gasteiger partial charge in [-0.1, -0.05) is 37.5 Å². The lowest BCUT2D eigenvalue weighted by atomic mass is 9.95. The zero-order valence-electron chi connectivity index (χ0n) is 10.9. The summed E-state index contributed by atoms with van der Waals surface area (Å²) in [5, 5.41) is 3.16. The minimum Gasteiger partial charge on any atom is -0.352 e. The fourth-order valence-corrected chi connectivity index (χ4v) is 3.22. The summed E-state index contributed by atoms with van der Waals surface area (Å²) in [6.45, 7) is 1.98. The zero-order valence-corrected chi connectivity index (χ0v) is 11.7. The second-order valence-electron chi connectivity index (χ2n) is 4.92. The van der Waals surface area contributed by atoms with Crippen LogP contribution in [0.2, 0.25) is 0 Å². The number of benzene rings is 1. The highest BCUT2D eigenvalue weighted by atomic mass is 32.2. The first-order chi connectivity index (χ1) is 8.75. The number of hydrogen-bond donors (Lipinski definition) is 1. The van der Waals surface area contributed by atoms with E-state index in [-0.39, 0.29) is 11.2 Å². The van der Waals surface area contributed by atoms with Crippen LogP contribution in [0.1, 0.15) is 39.0 Å². The van der Waals surface area contributed by atoms with Gasteiger partial charge in [-0.15, -0.1) is 11.8 Å². The van der Waals surface area contributed by atoms with Crippen molar-refractivity contribution in [3.8, 4) is 0 Å². The summed E-state index contributed by atoms with van der Waals surface area (Å²) in [4.78, 5) is 13.2. The van der Waals surface area contributed by atoms with E-state index in [1.165, 1.54) is 19.3 Å². The Bertz CT molecular complexity index is 373. The van der Waals surface area contributed by atoms with Gasteiger partial charge in [0.1, 0.15) is 0 Å². The van der Waals surface area contributed by atoms with Crippen LogP contribution >= 0.6 is 11.8 Å². The van der Waals surface area contributed by atoms with Gasteiger partial charge in [-0.05, 0) is 31.9 Å². The molecule has 0 bridgehead atoms. The SMILES string of the molecule is C[C@@H](Sc1ccccc1)C(=O)NC1CCCCC1. The number of rotatable bonds is 4. The van der Waals surface area contributed by atoms with E-state index >= 15 is 0 Å². The molecule has 1 aliphatic rings. The van der Waals surface area contributed by atoms with Crippen LogP contribution in [0.4, 0.5) is 0 Å². The maximum absolute atomic E-state index is 12.1. The molecule has 0 unspecified atom stereocenters. The summed E-state index contributed by atoms with van der Waals surface area (Å²) in [6, 6.07) is 10.5. The number of amides is 1. The Balaban J connectivity index is 1.81. The fourth-order valence-electron chi connectivity index (χ4n) is 2.32. The first-order valence-electron chi connectivity index (χ1n) is 6.78. The monoisotopic (exact) mass is 263 g/mol. The molecule has 0 radical (unpaired) electrons. The molecule has 1 N–H and O–H groups in total. The smallest absolute Gasteiger partial charge is 0.233 e. The van der Waals surface area contributed by atoms with E-state index in [9.17, 15) is 4.79 Å². The molecule has 0 spiro atoms. The van der Waals surface area contributed by atoms with Crippen molar-refractivity contribution in [3.05, 3.63) is 30.3 Å². The summed E-state index contributed by atoms with van der Waals surface area (Å²) in [5.74, 6) is 0.177. The Labute approximate surface area is 114 Å². The van der Waals surface area contributed by atoms with Gasteiger partial charge in [-0.3, -0.25) is 4.79 Å². The van der Waals surface area contributed by atoms with E-state index < -0.39 is 0 Å². The van der Waals surface area contributed by atoms with Crippen molar-refractivity contribution in [3.63, 3.8) is 0 Å². The Morgan fingerprint density at radius 3 is 2.56 bits per heavy atom. The van der Waals surface area contributed by atoms with Crippen LogP contribution in [0.15, 0.2) is 35.2 Å². The van der Waals surface area contributed by atoms with Crippen LogP contribution in [0.5, 0.6) is 0 Å². The molecule has 1 aromatic rings. The molecular weight excluding hydrogens is 242 g/mol. The maximum atomic E-state index is 12.1. The van der Waals surface area contributed by atoms with Gasteiger partial charge in [0.15, 0.2) is 0 Å². The second kappa shape index (κ2) is 6.83. The Hall–Kier alpha value is -0.960. The van der Waals surface area contributed by atoms with Crippen LogP contribution in [0.3, 0.4) is 0 Å². The molecule has 1 atom stereocenters. The van der Waals surface area contributed by atoms with Crippen LogP contribution < -0.4 is 5.32 Å². The predicted molar refractivity (Wildman–Crippen MR) is 76.8 cm³/mol. The highest BCUT2D eigenvalue weighted by Gasteiger charge is 2.20. The van der Waals surface area contributed by atoms with Gasteiger partial charge < -0.3 is 5.32 Å². The molecule has 1 saturated carbocycles. The normalized spacial score (nSPS) is 18.3. The van der Waals surface area contributed by atoms with Crippen molar-refractivity contribution in [1.29, 1.82) is 0 Å². The molecule has 2 rings (SSSR count). The van der Waals surface area contributed by atoms with Crippen molar-refractivity contribution >= 4 is 17.7 Å². The van der Waals surface area contributed by atoms with Crippen LogP contribution in [0, 0.1) is 0 Å². The highest BCUT2D eigenvalue weighted by molar-refractivity contribution is 8.00. The summed E-state index contributed by atoms with van der Waals surface area (Å²) in [5.41, 5.74) is 0. The predicted octanol–water partition coefficient (Wildman–Crippen LogP) is 3.62. The van der Waals surface area contributed by atoms with Gasteiger partial charge in [0.25, 0.3) is 0 Å². The first-order valence-corrected chi connectivity index (χ1v) is 7.66. The first kappa shape index (κ1) is 13.5. The van der Waals surface area contributed by atoms with E-state index in [0.29, 0.717) is 6.04 Å². The van der Waals surface area contributed by atoms with Gasteiger partial charge in [0, 0.05) is 10.9 Å². The molecule has 0 heterocycles. The molecule has 98 valence electrons. The maximum Gasteiger partial charge on any atom is 0.233 e. The summed E-state index contributed by atoms with van der Waals surface area (Å²) < 4.78 is 0. The third-order valence-corrected chi connectivity index (χ3v) is 4.49. The number of carbonyl (C=O) groups is 1. The lowest BCUT2D eigenvalue weighted by molar-refractivity contribution is -0.121. The lowest BCUT2D eigenvalue weighted by Crippen LogP contribution is -2.40. The minimum atomic E-state index is -0.0191. The van der Waals surface area contributed by atoms with Crippen molar-refractivity contribution < 1.29 is 4.79 Å². The topological polar surface area (TPSA) is 29.1 Å². The molecule has 18 heavy (non-hydrogen) atoms. The molecule has 3 heteroatoms. The van der Waals surface area contributed by atoms with Gasteiger partial charge >= 0.3 is 0 Å². The molecule has 0 aromatic heterocycles. The van der Waals surface area contributed by atoms with Gasteiger partial charge in [-0.2, -0.15) is 0 Å². The molecule has 1 fully saturated rings. The van der Waals surface area contributed by atoms with Crippen molar-refractivity contribution in [1.82, 2.24) is 5.32 Å². The molecule has 0 aliphatic heterocycles. The van der Waals surface area contributed by atoms with E-state index in [4.69, 9.17) is 0 Å². The fraction of sp³-hybridized carbons (Fsp3) is 0.533. The minimum absolute atomic E-state index is 0.0191.